The van der Waals surface area contributed by atoms with Gasteiger partial charge in [-0.3, -0.25) is 4.79 Å². The Bertz CT molecular complexity index is 903. The van der Waals surface area contributed by atoms with Gasteiger partial charge >= 0.3 is 6.03 Å². The van der Waals surface area contributed by atoms with E-state index in [1.54, 1.807) is 12.1 Å². The number of hydrogen-bond donors (Lipinski definition) is 4. The van der Waals surface area contributed by atoms with E-state index in [0.29, 0.717) is 5.69 Å². The van der Waals surface area contributed by atoms with Crippen LogP contribution in [0.25, 0.3) is 11.0 Å². The minimum atomic E-state index is -0.336. The number of fused-ring (bicyclic) bond motifs is 1. The molecule has 3 amide bonds. The average molecular weight is 379 g/mol. The van der Waals surface area contributed by atoms with Crippen molar-refractivity contribution in [2.24, 2.45) is 5.92 Å². The third-order valence-electron chi connectivity index (χ3n) is 4.35. The maximum Gasteiger partial charge on any atom is 0.319 e. The molecule has 7 heteroatoms. The topological polar surface area (TPSA) is 98.9 Å². The fraction of sp³-hybridized carbons (Fsp3) is 0.286. The largest absolute Gasteiger partial charge is 0.346 e. The van der Waals surface area contributed by atoms with Crippen molar-refractivity contribution in [3.8, 4) is 0 Å². The van der Waals surface area contributed by atoms with Crippen LogP contribution in [-0.2, 0) is 4.79 Å². The van der Waals surface area contributed by atoms with E-state index in [1.807, 2.05) is 56.3 Å². The number of nitrogens with one attached hydrogen (secondary N) is 4. The first-order valence-corrected chi connectivity index (χ1v) is 9.37. The van der Waals surface area contributed by atoms with Crippen molar-refractivity contribution in [3.05, 3.63) is 60.4 Å². The molecule has 0 unspecified atom stereocenters. The number of aromatic amines is 1. The highest BCUT2D eigenvalue weighted by molar-refractivity contribution is 5.89. The summed E-state index contributed by atoms with van der Waals surface area (Å²) in [6.07, 6.45) is 0.186. The number of carbonyl (C=O) groups is 2. The van der Waals surface area contributed by atoms with Crippen LogP contribution < -0.4 is 16.0 Å². The summed E-state index contributed by atoms with van der Waals surface area (Å²) < 4.78 is 0. The Morgan fingerprint density at radius 1 is 1.04 bits per heavy atom. The summed E-state index contributed by atoms with van der Waals surface area (Å²) in [7, 11) is 0. The maximum atomic E-state index is 12.4. The molecule has 0 spiro atoms. The van der Waals surface area contributed by atoms with E-state index < -0.39 is 0 Å². The van der Waals surface area contributed by atoms with E-state index in [4.69, 9.17) is 0 Å². The molecule has 1 aromatic heterocycles. The second-order valence-electron chi connectivity index (χ2n) is 6.93. The van der Waals surface area contributed by atoms with Gasteiger partial charge in [-0.05, 0) is 30.2 Å². The van der Waals surface area contributed by atoms with Crippen LogP contribution in [0.3, 0.4) is 0 Å². The highest BCUT2D eigenvalue weighted by Gasteiger charge is 2.21. The van der Waals surface area contributed by atoms with Crippen molar-refractivity contribution in [2.45, 2.75) is 26.3 Å². The van der Waals surface area contributed by atoms with E-state index in [2.05, 4.69) is 25.9 Å². The molecule has 1 atom stereocenters. The number of benzene rings is 2. The number of H-pyrrole nitrogens is 1. The lowest BCUT2D eigenvalue weighted by Crippen LogP contribution is -2.36. The molecule has 0 aliphatic carbocycles. The number of carbonyl (C=O) groups excluding carboxylic acids is 2. The zero-order chi connectivity index (χ0) is 19.9. The van der Waals surface area contributed by atoms with Crippen molar-refractivity contribution in [3.63, 3.8) is 0 Å². The molecule has 3 rings (SSSR count). The minimum absolute atomic E-state index is 0.140. The van der Waals surface area contributed by atoms with E-state index in [-0.39, 0.29) is 36.9 Å². The quantitative estimate of drug-likeness (QED) is 0.505. The smallest absolute Gasteiger partial charge is 0.319 e. The highest BCUT2D eigenvalue weighted by Crippen LogP contribution is 2.22. The van der Waals surface area contributed by atoms with Gasteiger partial charge in [0, 0.05) is 18.7 Å². The Kier molecular flexibility index (Phi) is 6.26. The first-order chi connectivity index (χ1) is 13.5. The van der Waals surface area contributed by atoms with Crippen LogP contribution in [0.1, 0.15) is 32.1 Å². The Labute approximate surface area is 163 Å². The molecular formula is C21H25N5O2. The first-order valence-electron chi connectivity index (χ1n) is 9.37. The fourth-order valence-electron chi connectivity index (χ4n) is 2.90. The molecule has 2 aromatic carbocycles. The van der Waals surface area contributed by atoms with Gasteiger partial charge in [0.15, 0.2) is 0 Å². The molecule has 1 heterocycles. The number of imidazole rings is 1. The lowest BCUT2D eigenvalue weighted by atomic mass is 10.0. The van der Waals surface area contributed by atoms with Crippen LogP contribution >= 0.6 is 0 Å². The Morgan fingerprint density at radius 2 is 1.75 bits per heavy atom. The molecule has 0 aliphatic heterocycles. The Balaban J connectivity index is 1.51. The van der Waals surface area contributed by atoms with Gasteiger partial charge in [-0.1, -0.05) is 44.2 Å². The number of para-hydroxylation sites is 3. The highest BCUT2D eigenvalue weighted by atomic mass is 16.2. The Morgan fingerprint density at radius 3 is 2.46 bits per heavy atom. The van der Waals surface area contributed by atoms with Gasteiger partial charge in [0.1, 0.15) is 5.82 Å². The lowest BCUT2D eigenvalue weighted by molar-refractivity contribution is -0.122. The SMILES string of the molecule is CC(C)[C@H](NC(=O)CCNC(=O)Nc1ccccc1)c1nc2ccccc2[nH]1. The van der Waals surface area contributed by atoms with Crippen LogP contribution in [0.4, 0.5) is 10.5 Å². The van der Waals surface area contributed by atoms with Crippen LogP contribution in [0.15, 0.2) is 54.6 Å². The van der Waals surface area contributed by atoms with Crippen molar-refractivity contribution in [2.75, 3.05) is 11.9 Å². The van der Waals surface area contributed by atoms with E-state index in [9.17, 15) is 9.59 Å². The average Bonchev–Trinajstić information content (AvgIpc) is 3.10. The third kappa shape index (κ3) is 5.09. The molecule has 0 bridgehead atoms. The van der Waals surface area contributed by atoms with Gasteiger partial charge in [0.25, 0.3) is 0 Å². The second kappa shape index (κ2) is 9.03. The maximum absolute atomic E-state index is 12.4. The molecule has 28 heavy (non-hydrogen) atoms. The molecule has 7 nitrogen and oxygen atoms in total. The predicted octanol–water partition coefficient (Wildman–Crippen LogP) is 3.59. The van der Waals surface area contributed by atoms with E-state index in [0.717, 1.165) is 16.9 Å². The van der Waals surface area contributed by atoms with Crippen molar-refractivity contribution < 1.29 is 9.59 Å². The summed E-state index contributed by atoms with van der Waals surface area (Å²) in [4.78, 5) is 32.1. The van der Waals surface area contributed by atoms with Crippen LogP contribution in [0, 0.1) is 5.92 Å². The number of anilines is 1. The summed E-state index contributed by atoms with van der Waals surface area (Å²) in [6, 6.07) is 16.4. The Hall–Kier alpha value is -3.35. The van der Waals surface area contributed by atoms with E-state index >= 15 is 0 Å². The van der Waals surface area contributed by atoms with Gasteiger partial charge in [-0.2, -0.15) is 0 Å². The minimum Gasteiger partial charge on any atom is -0.346 e. The number of urea groups is 1. The molecule has 3 aromatic rings. The monoisotopic (exact) mass is 379 g/mol. The predicted molar refractivity (Wildman–Crippen MR) is 110 cm³/mol. The molecule has 146 valence electrons. The summed E-state index contributed by atoms with van der Waals surface area (Å²) in [6.45, 7) is 4.31. The summed E-state index contributed by atoms with van der Waals surface area (Å²) in [5, 5.41) is 8.42. The van der Waals surface area contributed by atoms with Gasteiger partial charge in [0.05, 0.1) is 17.1 Å². The lowest BCUT2D eigenvalue weighted by Gasteiger charge is -2.20. The summed E-state index contributed by atoms with van der Waals surface area (Å²) in [5.74, 6) is 0.761. The third-order valence-corrected chi connectivity index (χ3v) is 4.35. The molecule has 4 N–H and O–H groups in total. The zero-order valence-corrected chi connectivity index (χ0v) is 16.0. The van der Waals surface area contributed by atoms with Gasteiger partial charge in [-0.25, -0.2) is 9.78 Å². The van der Waals surface area contributed by atoms with Gasteiger partial charge in [-0.15, -0.1) is 0 Å². The number of aromatic nitrogens is 2. The number of nitrogens with zero attached hydrogens (tertiary/aromatic N) is 1. The molecule has 0 aliphatic rings. The van der Waals surface area contributed by atoms with Gasteiger partial charge < -0.3 is 20.9 Å². The van der Waals surface area contributed by atoms with Crippen molar-refractivity contribution >= 4 is 28.7 Å². The number of rotatable bonds is 7. The van der Waals surface area contributed by atoms with Crippen LogP contribution in [0.5, 0.6) is 0 Å². The van der Waals surface area contributed by atoms with Crippen molar-refractivity contribution in [1.82, 2.24) is 20.6 Å². The number of amides is 3. The molecule has 0 radical (unpaired) electrons. The second-order valence-corrected chi connectivity index (χ2v) is 6.93. The zero-order valence-electron chi connectivity index (χ0n) is 16.0. The summed E-state index contributed by atoms with van der Waals surface area (Å²) in [5.41, 5.74) is 2.52. The van der Waals surface area contributed by atoms with E-state index in [1.165, 1.54) is 0 Å². The molecule has 0 saturated carbocycles. The number of hydrogen-bond acceptors (Lipinski definition) is 3. The van der Waals surface area contributed by atoms with Crippen molar-refractivity contribution in [1.29, 1.82) is 0 Å². The fourth-order valence-corrected chi connectivity index (χ4v) is 2.90. The standard InChI is InChI=1S/C21H25N5O2/c1-14(2)19(20-24-16-10-6-7-11-17(16)25-20)26-18(27)12-13-22-21(28)23-15-8-4-3-5-9-15/h3-11,14,19H,12-13H2,1-2H3,(H,24,25)(H,26,27)(H2,22,23,28)/t19-/m0/s1. The normalized spacial score (nSPS) is 12.0. The first kappa shape index (κ1) is 19.4. The van der Waals surface area contributed by atoms with Crippen LogP contribution in [-0.4, -0.2) is 28.5 Å². The molecular weight excluding hydrogens is 354 g/mol. The van der Waals surface area contributed by atoms with Crippen LogP contribution in [0.2, 0.25) is 0 Å². The summed E-state index contributed by atoms with van der Waals surface area (Å²) >= 11 is 0. The van der Waals surface area contributed by atoms with Gasteiger partial charge in [0.2, 0.25) is 5.91 Å². The molecule has 0 saturated heterocycles. The molecule has 0 fully saturated rings.